The van der Waals surface area contributed by atoms with Gasteiger partial charge in [-0.15, -0.1) is 0 Å². The molecule has 7 heteroatoms. The number of hydrogen-bond acceptors (Lipinski definition) is 4. The van der Waals surface area contributed by atoms with Crippen molar-refractivity contribution in [1.29, 1.82) is 0 Å². The van der Waals surface area contributed by atoms with Gasteiger partial charge in [0.1, 0.15) is 6.54 Å². The quantitative estimate of drug-likeness (QED) is 0.823. The molecule has 0 bridgehead atoms. The number of nitrogens with zero attached hydrogens (tertiary/aromatic N) is 3. The average Bonchev–Trinajstić information content (AvgIpc) is 3.14. The zero-order valence-electron chi connectivity index (χ0n) is 16.3. The highest BCUT2D eigenvalue weighted by Crippen LogP contribution is 2.27. The van der Waals surface area contributed by atoms with Crippen molar-refractivity contribution >= 4 is 11.8 Å². The largest absolute Gasteiger partial charge is 0.352 e. The summed E-state index contributed by atoms with van der Waals surface area (Å²) in [5.74, 6) is 0.210. The summed E-state index contributed by atoms with van der Waals surface area (Å²) in [4.78, 5) is 40.9. The van der Waals surface area contributed by atoms with E-state index < -0.39 is 0 Å². The third-order valence-electron chi connectivity index (χ3n) is 5.86. The van der Waals surface area contributed by atoms with E-state index in [-0.39, 0.29) is 35.9 Å². The fourth-order valence-electron chi connectivity index (χ4n) is 4.13. The minimum atomic E-state index is -0.177. The van der Waals surface area contributed by atoms with Gasteiger partial charge in [0.25, 0.3) is 5.56 Å². The Morgan fingerprint density at radius 1 is 1.15 bits per heavy atom. The predicted molar refractivity (Wildman–Crippen MR) is 103 cm³/mol. The lowest BCUT2D eigenvalue weighted by Crippen LogP contribution is -2.43. The average molecular weight is 374 g/mol. The van der Waals surface area contributed by atoms with Crippen molar-refractivity contribution in [3.8, 4) is 0 Å². The maximum Gasteiger partial charge on any atom is 0.250 e. The van der Waals surface area contributed by atoms with Gasteiger partial charge in [-0.3, -0.25) is 14.4 Å². The Labute approximate surface area is 160 Å². The SMILES string of the molecule is CN(C)C1CCN(C(=O)C2CCC(NC(=O)Cn3ccccc3=O)CC2)C1. The summed E-state index contributed by atoms with van der Waals surface area (Å²) in [5.41, 5.74) is -0.177. The zero-order valence-corrected chi connectivity index (χ0v) is 16.3. The highest BCUT2D eigenvalue weighted by Gasteiger charge is 2.34. The van der Waals surface area contributed by atoms with Crippen LogP contribution < -0.4 is 10.9 Å². The molecule has 0 spiro atoms. The first-order valence-corrected chi connectivity index (χ1v) is 9.84. The second kappa shape index (κ2) is 8.69. The van der Waals surface area contributed by atoms with Crippen LogP contribution in [0.15, 0.2) is 29.2 Å². The number of aromatic nitrogens is 1. The summed E-state index contributed by atoms with van der Waals surface area (Å²) in [6.45, 7) is 1.72. The van der Waals surface area contributed by atoms with Gasteiger partial charge in [0, 0.05) is 43.4 Å². The molecular weight excluding hydrogens is 344 g/mol. The predicted octanol–water partition coefficient (Wildman–Crippen LogP) is 0.686. The van der Waals surface area contributed by atoms with Crippen molar-refractivity contribution in [1.82, 2.24) is 19.7 Å². The van der Waals surface area contributed by atoms with E-state index in [0.29, 0.717) is 6.04 Å². The molecule has 1 saturated heterocycles. The van der Waals surface area contributed by atoms with Crippen LogP contribution in [-0.2, 0) is 16.1 Å². The van der Waals surface area contributed by atoms with Crippen LogP contribution in [0.5, 0.6) is 0 Å². The number of likely N-dealkylation sites (N-methyl/N-ethyl adjacent to an activating group) is 1. The molecule has 1 aromatic heterocycles. The number of carbonyl (C=O) groups is 2. The molecule has 0 radical (unpaired) electrons. The van der Waals surface area contributed by atoms with Crippen molar-refractivity contribution in [2.75, 3.05) is 27.2 Å². The van der Waals surface area contributed by atoms with Crippen molar-refractivity contribution < 1.29 is 9.59 Å². The Balaban J connectivity index is 1.43. The topological polar surface area (TPSA) is 74.7 Å². The van der Waals surface area contributed by atoms with Gasteiger partial charge in [-0.2, -0.15) is 0 Å². The Morgan fingerprint density at radius 3 is 2.52 bits per heavy atom. The third-order valence-corrected chi connectivity index (χ3v) is 5.86. The van der Waals surface area contributed by atoms with Gasteiger partial charge in [-0.05, 0) is 52.3 Å². The fourth-order valence-corrected chi connectivity index (χ4v) is 4.13. The van der Waals surface area contributed by atoms with Crippen molar-refractivity contribution in [2.24, 2.45) is 5.92 Å². The molecule has 2 amide bonds. The molecular formula is C20H30N4O3. The van der Waals surface area contributed by atoms with Crippen LogP contribution in [-0.4, -0.2) is 65.4 Å². The Hall–Kier alpha value is -2.15. The van der Waals surface area contributed by atoms with Gasteiger partial charge in [0.2, 0.25) is 11.8 Å². The fraction of sp³-hybridized carbons (Fsp3) is 0.650. The molecule has 1 saturated carbocycles. The maximum absolute atomic E-state index is 12.8. The Morgan fingerprint density at radius 2 is 1.89 bits per heavy atom. The normalized spacial score (nSPS) is 25.6. The minimum Gasteiger partial charge on any atom is -0.352 e. The van der Waals surface area contributed by atoms with Gasteiger partial charge < -0.3 is 19.7 Å². The smallest absolute Gasteiger partial charge is 0.250 e. The summed E-state index contributed by atoms with van der Waals surface area (Å²) < 4.78 is 1.40. The maximum atomic E-state index is 12.8. The van der Waals surface area contributed by atoms with Crippen LogP contribution in [0.4, 0.5) is 0 Å². The van der Waals surface area contributed by atoms with E-state index in [0.717, 1.165) is 45.2 Å². The highest BCUT2D eigenvalue weighted by atomic mass is 16.2. The van der Waals surface area contributed by atoms with E-state index in [1.807, 2.05) is 4.90 Å². The molecule has 2 fully saturated rings. The van der Waals surface area contributed by atoms with E-state index in [1.165, 1.54) is 10.6 Å². The standard InChI is InChI=1S/C20H30N4O3/c1-22(2)17-10-12-24(13-17)20(27)15-6-8-16(9-7-15)21-18(25)14-23-11-4-3-5-19(23)26/h3-5,11,15-17H,6-10,12-14H2,1-2H3,(H,21,25). The van der Waals surface area contributed by atoms with E-state index in [9.17, 15) is 14.4 Å². The van der Waals surface area contributed by atoms with Gasteiger partial charge in [-0.1, -0.05) is 6.07 Å². The summed E-state index contributed by atoms with van der Waals surface area (Å²) in [6, 6.07) is 5.41. The lowest BCUT2D eigenvalue weighted by molar-refractivity contribution is -0.135. The van der Waals surface area contributed by atoms with E-state index in [1.54, 1.807) is 18.3 Å². The second-order valence-corrected chi connectivity index (χ2v) is 7.97. The van der Waals surface area contributed by atoms with Crippen LogP contribution >= 0.6 is 0 Å². The Bertz CT molecular complexity index is 722. The molecule has 2 heterocycles. The van der Waals surface area contributed by atoms with E-state index >= 15 is 0 Å². The number of carbonyl (C=O) groups excluding carboxylic acids is 2. The summed E-state index contributed by atoms with van der Waals surface area (Å²) in [7, 11) is 4.13. The van der Waals surface area contributed by atoms with Crippen LogP contribution in [0.25, 0.3) is 0 Å². The van der Waals surface area contributed by atoms with Gasteiger partial charge in [0.15, 0.2) is 0 Å². The molecule has 1 atom stereocenters. The van der Waals surface area contributed by atoms with Crippen LogP contribution in [0.1, 0.15) is 32.1 Å². The summed E-state index contributed by atoms with van der Waals surface area (Å²) >= 11 is 0. The van der Waals surface area contributed by atoms with Crippen LogP contribution in [0, 0.1) is 5.92 Å². The van der Waals surface area contributed by atoms with Crippen molar-refractivity contribution in [3.05, 3.63) is 34.7 Å². The number of nitrogens with one attached hydrogen (secondary N) is 1. The number of likely N-dealkylation sites (tertiary alicyclic amines) is 1. The molecule has 7 nitrogen and oxygen atoms in total. The lowest BCUT2D eigenvalue weighted by atomic mass is 9.85. The van der Waals surface area contributed by atoms with Gasteiger partial charge in [0.05, 0.1) is 0 Å². The second-order valence-electron chi connectivity index (χ2n) is 7.97. The first kappa shape index (κ1) is 19.6. The molecule has 2 aliphatic rings. The number of pyridine rings is 1. The van der Waals surface area contributed by atoms with E-state index in [2.05, 4.69) is 24.3 Å². The molecule has 1 N–H and O–H groups in total. The number of amides is 2. The molecule has 0 aromatic carbocycles. The van der Waals surface area contributed by atoms with Crippen LogP contribution in [0.3, 0.4) is 0 Å². The van der Waals surface area contributed by atoms with Crippen LogP contribution in [0.2, 0.25) is 0 Å². The Kier molecular flexibility index (Phi) is 6.31. The highest BCUT2D eigenvalue weighted by molar-refractivity contribution is 5.79. The molecule has 1 aliphatic carbocycles. The summed E-state index contributed by atoms with van der Waals surface area (Å²) in [6.07, 6.45) is 5.93. The third kappa shape index (κ3) is 4.97. The first-order chi connectivity index (χ1) is 12.9. The number of rotatable bonds is 5. The number of hydrogen-bond donors (Lipinski definition) is 1. The van der Waals surface area contributed by atoms with Gasteiger partial charge in [-0.25, -0.2) is 0 Å². The molecule has 1 aromatic rings. The minimum absolute atomic E-state index is 0.0399. The van der Waals surface area contributed by atoms with Gasteiger partial charge >= 0.3 is 0 Å². The first-order valence-electron chi connectivity index (χ1n) is 9.84. The molecule has 3 rings (SSSR count). The molecule has 1 unspecified atom stereocenters. The summed E-state index contributed by atoms with van der Waals surface area (Å²) in [5, 5.41) is 3.02. The zero-order chi connectivity index (χ0) is 19.4. The van der Waals surface area contributed by atoms with E-state index in [4.69, 9.17) is 0 Å². The van der Waals surface area contributed by atoms with Crippen molar-refractivity contribution in [3.63, 3.8) is 0 Å². The lowest BCUT2D eigenvalue weighted by Gasteiger charge is -2.31. The molecule has 1 aliphatic heterocycles. The molecule has 27 heavy (non-hydrogen) atoms. The van der Waals surface area contributed by atoms with Crippen molar-refractivity contribution in [2.45, 2.75) is 50.7 Å². The monoisotopic (exact) mass is 374 g/mol. The molecule has 148 valence electrons.